The molecule has 0 radical (unpaired) electrons. The van der Waals surface area contributed by atoms with Gasteiger partial charge in [-0.1, -0.05) is 48.0 Å². The van der Waals surface area contributed by atoms with Gasteiger partial charge in [-0.3, -0.25) is 4.79 Å². The second-order valence-corrected chi connectivity index (χ2v) is 8.18. The van der Waals surface area contributed by atoms with E-state index in [-0.39, 0.29) is 11.8 Å². The van der Waals surface area contributed by atoms with Crippen molar-refractivity contribution in [3.05, 3.63) is 71.5 Å². The SMILES string of the molecule is Cc1cc(C)c(NC(=O)C2CCCN(c3cc(-c4ccccc4)ncn3)C2)c(C)c1. The molecular weight excluding hydrogens is 372 g/mol. The Bertz CT molecular complexity index is 1030. The minimum atomic E-state index is -0.0611. The second-order valence-electron chi connectivity index (χ2n) is 8.18. The number of nitrogens with zero attached hydrogens (tertiary/aromatic N) is 3. The molecule has 1 amide bonds. The van der Waals surface area contributed by atoms with Crippen LogP contribution in [0.4, 0.5) is 11.5 Å². The first kappa shape index (κ1) is 20.1. The van der Waals surface area contributed by atoms with Gasteiger partial charge in [0.15, 0.2) is 0 Å². The van der Waals surface area contributed by atoms with E-state index in [1.54, 1.807) is 6.33 Å². The van der Waals surface area contributed by atoms with Crippen LogP contribution in [0.15, 0.2) is 54.9 Å². The molecule has 30 heavy (non-hydrogen) atoms. The Hall–Kier alpha value is -3.21. The number of nitrogens with one attached hydrogen (secondary N) is 1. The van der Waals surface area contributed by atoms with Gasteiger partial charge in [-0.15, -0.1) is 0 Å². The second kappa shape index (κ2) is 8.66. The van der Waals surface area contributed by atoms with Crippen LogP contribution >= 0.6 is 0 Å². The number of aromatic nitrogens is 2. The number of rotatable bonds is 4. The molecule has 2 heterocycles. The number of hydrogen-bond donors (Lipinski definition) is 1. The van der Waals surface area contributed by atoms with Crippen LogP contribution in [-0.2, 0) is 4.79 Å². The summed E-state index contributed by atoms with van der Waals surface area (Å²) in [5.41, 5.74) is 6.34. The highest BCUT2D eigenvalue weighted by atomic mass is 16.1. The zero-order valence-electron chi connectivity index (χ0n) is 17.9. The number of hydrogen-bond acceptors (Lipinski definition) is 4. The van der Waals surface area contributed by atoms with Gasteiger partial charge in [-0.05, 0) is 44.7 Å². The summed E-state index contributed by atoms with van der Waals surface area (Å²) in [6, 6.07) is 16.3. The van der Waals surface area contributed by atoms with Gasteiger partial charge >= 0.3 is 0 Å². The van der Waals surface area contributed by atoms with E-state index in [0.717, 1.165) is 53.3 Å². The van der Waals surface area contributed by atoms with Crippen molar-refractivity contribution in [2.75, 3.05) is 23.3 Å². The van der Waals surface area contributed by atoms with E-state index in [1.165, 1.54) is 5.56 Å². The fraction of sp³-hybridized carbons (Fsp3) is 0.320. The molecule has 1 fully saturated rings. The lowest BCUT2D eigenvalue weighted by Crippen LogP contribution is -2.41. The van der Waals surface area contributed by atoms with Gasteiger partial charge in [0, 0.05) is 30.4 Å². The largest absolute Gasteiger partial charge is 0.356 e. The van der Waals surface area contributed by atoms with Crippen LogP contribution in [0, 0.1) is 26.7 Å². The van der Waals surface area contributed by atoms with Crippen molar-refractivity contribution < 1.29 is 4.79 Å². The van der Waals surface area contributed by atoms with E-state index in [0.29, 0.717) is 6.54 Å². The molecule has 0 bridgehead atoms. The van der Waals surface area contributed by atoms with Gasteiger partial charge in [-0.25, -0.2) is 9.97 Å². The van der Waals surface area contributed by atoms with Gasteiger partial charge in [0.25, 0.3) is 0 Å². The van der Waals surface area contributed by atoms with E-state index in [9.17, 15) is 4.79 Å². The molecule has 1 unspecified atom stereocenters. The first-order valence-corrected chi connectivity index (χ1v) is 10.5. The van der Waals surface area contributed by atoms with Crippen LogP contribution in [0.25, 0.3) is 11.3 Å². The molecule has 1 aliphatic rings. The molecule has 1 aromatic heterocycles. The lowest BCUT2D eigenvalue weighted by Gasteiger charge is -2.33. The third-order valence-electron chi connectivity index (χ3n) is 5.76. The number of aryl methyl sites for hydroxylation is 3. The Morgan fingerprint density at radius 3 is 2.50 bits per heavy atom. The predicted molar refractivity (Wildman–Crippen MR) is 122 cm³/mol. The zero-order chi connectivity index (χ0) is 21.1. The topological polar surface area (TPSA) is 58.1 Å². The number of amides is 1. The Morgan fingerprint density at radius 2 is 1.77 bits per heavy atom. The normalized spacial score (nSPS) is 16.4. The van der Waals surface area contributed by atoms with Gasteiger partial charge in [-0.2, -0.15) is 0 Å². The van der Waals surface area contributed by atoms with Crippen LogP contribution in [0.5, 0.6) is 0 Å². The first-order chi connectivity index (χ1) is 14.5. The van der Waals surface area contributed by atoms with Crippen LogP contribution in [0.2, 0.25) is 0 Å². The molecule has 154 valence electrons. The molecule has 1 N–H and O–H groups in total. The molecule has 0 aliphatic carbocycles. The minimum Gasteiger partial charge on any atom is -0.356 e. The van der Waals surface area contributed by atoms with E-state index < -0.39 is 0 Å². The molecule has 1 saturated heterocycles. The molecule has 4 rings (SSSR count). The molecule has 1 atom stereocenters. The summed E-state index contributed by atoms with van der Waals surface area (Å²) >= 11 is 0. The molecular formula is C25H28N4O. The summed E-state index contributed by atoms with van der Waals surface area (Å²) in [6.45, 7) is 7.75. The molecule has 1 aliphatic heterocycles. The summed E-state index contributed by atoms with van der Waals surface area (Å²) < 4.78 is 0. The van der Waals surface area contributed by atoms with Crippen molar-refractivity contribution in [1.82, 2.24) is 9.97 Å². The maximum absolute atomic E-state index is 13.1. The van der Waals surface area contributed by atoms with Crippen LogP contribution in [0.1, 0.15) is 29.5 Å². The lowest BCUT2D eigenvalue weighted by molar-refractivity contribution is -0.120. The molecule has 2 aromatic carbocycles. The average Bonchev–Trinajstić information content (AvgIpc) is 2.77. The van der Waals surface area contributed by atoms with E-state index in [1.807, 2.05) is 36.4 Å². The van der Waals surface area contributed by atoms with Gasteiger partial charge in [0.1, 0.15) is 12.1 Å². The number of benzene rings is 2. The summed E-state index contributed by atoms with van der Waals surface area (Å²) in [4.78, 5) is 24.2. The van der Waals surface area contributed by atoms with E-state index in [2.05, 4.69) is 53.1 Å². The zero-order valence-corrected chi connectivity index (χ0v) is 17.9. The summed E-state index contributed by atoms with van der Waals surface area (Å²) in [7, 11) is 0. The smallest absolute Gasteiger partial charge is 0.229 e. The molecule has 0 saturated carbocycles. The Morgan fingerprint density at radius 1 is 1.03 bits per heavy atom. The minimum absolute atomic E-state index is 0.0611. The number of carbonyl (C=O) groups excluding carboxylic acids is 1. The number of anilines is 2. The van der Waals surface area contributed by atoms with Gasteiger partial charge < -0.3 is 10.2 Å². The van der Waals surface area contributed by atoms with E-state index >= 15 is 0 Å². The van der Waals surface area contributed by atoms with Crippen LogP contribution in [0.3, 0.4) is 0 Å². The van der Waals surface area contributed by atoms with Crippen molar-refractivity contribution in [3.63, 3.8) is 0 Å². The quantitative estimate of drug-likeness (QED) is 0.675. The Labute approximate surface area is 178 Å². The highest BCUT2D eigenvalue weighted by Crippen LogP contribution is 2.27. The molecule has 0 spiro atoms. The maximum atomic E-state index is 13.1. The Kier molecular flexibility index (Phi) is 5.79. The third kappa shape index (κ3) is 4.35. The van der Waals surface area contributed by atoms with Gasteiger partial charge in [0.2, 0.25) is 5.91 Å². The van der Waals surface area contributed by atoms with Crippen LogP contribution < -0.4 is 10.2 Å². The average molecular weight is 401 g/mol. The fourth-order valence-electron chi connectivity index (χ4n) is 4.29. The summed E-state index contributed by atoms with van der Waals surface area (Å²) in [5.74, 6) is 0.908. The van der Waals surface area contributed by atoms with E-state index in [4.69, 9.17) is 0 Å². The predicted octanol–water partition coefficient (Wildman–Crippen LogP) is 4.92. The first-order valence-electron chi connectivity index (χ1n) is 10.5. The third-order valence-corrected chi connectivity index (χ3v) is 5.76. The fourth-order valence-corrected chi connectivity index (χ4v) is 4.29. The standard InChI is InChI=1S/C25H28N4O/c1-17-12-18(2)24(19(3)13-17)28-25(30)21-10-7-11-29(15-21)23-14-22(26-16-27-23)20-8-5-4-6-9-20/h4-6,8-9,12-14,16,21H,7,10-11,15H2,1-3H3,(H,28,30). The molecule has 5 nitrogen and oxygen atoms in total. The van der Waals surface area contributed by atoms with Crippen molar-refractivity contribution in [2.24, 2.45) is 5.92 Å². The Balaban J connectivity index is 1.49. The summed E-state index contributed by atoms with van der Waals surface area (Å²) in [5, 5.41) is 3.19. The van der Waals surface area contributed by atoms with Crippen molar-refractivity contribution >= 4 is 17.4 Å². The van der Waals surface area contributed by atoms with Crippen molar-refractivity contribution in [1.29, 1.82) is 0 Å². The van der Waals surface area contributed by atoms with Crippen molar-refractivity contribution in [3.8, 4) is 11.3 Å². The highest BCUT2D eigenvalue weighted by Gasteiger charge is 2.27. The lowest BCUT2D eigenvalue weighted by atomic mass is 9.96. The maximum Gasteiger partial charge on any atom is 0.229 e. The van der Waals surface area contributed by atoms with Gasteiger partial charge in [0.05, 0.1) is 11.6 Å². The van der Waals surface area contributed by atoms with Crippen LogP contribution in [-0.4, -0.2) is 29.0 Å². The molecule has 3 aromatic rings. The van der Waals surface area contributed by atoms with Crippen molar-refractivity contribution in [2.45, 2.75) is 33.6 Å². The number of piperidine rings is 1. The number of carbonyl (C=O) groups is 1. The summed E-state index contributed by atoms with van der Waals surface area (Å²) in [6.07, 6.45) is 3.47. The monoisotopic (exact) mass is 400 g/mol. The highest BCUT2D eigenvalue weighted by molar-refractivity contribution is 5.94. The molecule has 5 heteroatoms.